The summed E-state index contributed by atoms with van der Waals surface area (Å²) in [7, 11) is -3.98. The maximum Gasteiger partial charge on any atom is 0.239 e. The third kappa shape index (κ3) is 2.66. The molecule has 0 radical (unpaired) electrons. The van der Waals surface area contributed by atoms with Crippen molar-refractivity contribution in [3.63, 3.8) is 0 Å². The summed E-state index contributed by atoms with van der Waals surface area (Å²) in [5.41, 5.74) is 0.764. The van der Waals surface area contributed by atoms with Crippen LogP contribution in [0.15, 0.2) is 52.7 Å². The molecule has 2 aromatic carbocycles. The van der Waals surface area contributed by atoms with Crippen LogP contribution in [0.2, 0.25) is 5.02 Å². The van der Waals surface area contributed by atoms with Crippen LogP contribution < -0.4 is 5.14 Å². The Morgan fingerprint density at radius 1 is 1.14 bits per heavy atom. The maximum atomic E-state index is 12.6. The van der Waals surface area contributed by atoms with E-state index < -0.39 is 10.0 Å². The lowest BCUT2D eigenvalue weighted by molar-refractivity contribution is 0.104. The molecule has 0 unspecified atom stereocenters. The van der Waals surface area contributed by atoms with Gasteiger partial charge in [-0.05, 0) is 24.3 Å². The monoisotopic (exact) mass is 351 g/mol. The number of carbonyl (C=O) groups is 1. The predicted octanol–water partition coefficient (Wildman–Crippen LogP) is 3.43. The van der Waals surface area contributed by atoms with Crippen LogP contribution in [-0.2, 0) is 10.0 Å². The standard InChI is InChI=1S/C15H10ClNO3S2/c16-12-6-5-9(7-14(12)22(17,19)20)15(18)11-8-21-13-4-2-1-3-10(11)13/h1-8H,(H2,17,19,20). The van der Waals surface area contributed by atoms with Gasteiger partial charge in [0.05, 0.1) is 5.02 Å². The first-order valence-corrected chi connectivity index (χ1v) is 9.01. The average Bonchev–Trinajstić information content (AvgIpc) is 2.89. The minimum Gasteiger partial charge on any atom is -0.289 e. The van der Waals surface area contributed by atoms with Crippen molar-refractivity contribution in [3.05, 3.63) is 64.0 Å². The molecule has 22 heavy (non-hydrogen) atoms. The Labute approximate surface area is 136 Å². The van der Waals surface area contributed by atoms with E-state index in [-0.39, 0.29) is 21.3 Å². The number of sulfonamides is 1. The van der Waals surface area contributed by atoms with E-state index in [2.05, 4.69) is 0 Å². The van der Waals surface area contributed by atoms with E-state index in [4.69, 9.17) is 16.7 Å². The van der Waals surface area contributed by atoms with Gasteiger partial charge in [0.2, 0.25) is 10.0 Å². The van der Waals surface area contributed by atoms with Gasteiger partial charge in [0.1, 0.15) is 4.90 Å². The molecule has 0 atom stereocenters. The quantitative estimate of drug-likeness (QED) is 0.734. The first kappa shape index (κ1) is 15.2. The molecule has 2 N–H and O–H groups in total. The van der Waals surface area contributed by atoms with Gasteiger partial charge in [-0.2, -0.15) is 0 Å². The lowest BCUT2D eigenvalue weighted by atomic mass is 10.0. The predicted molar refractivity (Wildman–Crippen MR) is 88.1 cm³/mol. The molecular weight excluding hydrogens is 342 g/mol. The third-order valence-corrected chi connectivity index (χ3v) is 5.58. The van der Waals surface area contributed by atoms with E-state index in [0.717, 1.165) is 10.1 Å². The van der Waals surface area contributed by atoms with Crippen LogP contribution in [0.25, 0.3) is 10.1 Å². The zero-order valence-electron chi connectivity index (χ0n) is 11.1. The number of carbonyl (C=O) groups excluding carboxylic acids is 1. The van der Waals surface area contributed by atoms with Crippen molar-refractivity contribution < 1.29 is 13.2 Å². The van der Waals surface area contributed by atoms with Crippen LogP contribution in [0, 0.1) is 0 Å². The van der Waals surface area contributed by atoms with Crippen LogP contribution in [0.1, 0.15) is 15.9 Å². The molecule has 0 bridgehead atoms. The Morgan fingerprint density at radius 3 is 2.59 bits per heavy atom. The lowest BCUT2D eigenvalue weighted by Gasteiger charge is -2.05. The SMILES string of the molecule is NS(=O)(=O)c1cc(C(=O)c2csc3ccccc23)ccc1Cl. The van der Waals surface area contributed by atoms with E-state index in [1.807, 2.05) is 24.3 Å². The minimum absolute atomic E-state index is 0.00535. The van der Waals surface area contributed by atoms with E-state index in [0.29, 0.717) is 5.56 Å². The van der Waals surface area contributed by atoms with E-state index in [9.17, 15) is 13.2 Å². The van der Waals surface area contributed by atoms with Crippen LogP contribution >= 0.6 is 22.9 Å². The number of nitrogens with two attached hydrogens (primary N) is 1. The largest absolute Gasteiger partial charge is 0.289 e. The summed E-state index contributed by atoms with van der Waals surface area (Å²) in [4.78, 5) is 12.4. The second-order valence-electron chi connectivity index (χ2n) is 4.66. The highest BCUT2D eigenvalue weighted by Crippen LogP contribution is 2.29. The Bertz CT molecular complexity index is 993. The van der Waals surface area contributed by atoms with Gasteiger partial charge >= 0.3 is 0 Å². The minimum atomic E-state index is -3.98. The van der Waals surface area contributed by atoms with Crippen molar-refractivity contribution in [2.24, 2.45) is 5.14 Å². The van der Waals surface area contributed by atoms with Crippen LogP contribution in [0.3, 0.4) is 0 Å². The number of halogens is 1. The number of fused-ring (bicyclic) bond motifs is 1. The number of hydrogen-bond acceptors (Lipinski definition) is 4. The number of rotatable bonds is 3. The van der Waals surface area contributed by atoms with Crippen LogP contribution in [0.4, 0.5) is 0 Å². The molecule has 0 amide bonds. The summed E-state index contributed by atoms with van der Waals surface area (Å²) in [5, 5.41) is 7.71. The summed E-state index contributed by atoms with van der Waals surface area (Å²) in [5.74, 6) is -0.265. The molecule has 7 heteroatoms. The smallest absolute Gasteiger partial charge is 0.239 e. The van der Waals surface area contributed by atoms with Crippen LogP contribution in [0.5, 0.6) is 0 Å². The molecule has 0 fully saturated rings. The third-order valence-electron chi connectivity index (χ3n) is 3.23. The fourth-order valence-electron chi connectivity index (χ4n) is 2.17. The Morgan fingerprint density at radius 2 is 1.86 bits per heavy atom. The average molecular weight is 352 g/mol. The van der Waals surface area contributed by atoms with E-state index in [1.165, 1.54) is 29.5 Å². The summed E-state index contributed by atoms with van der Waals surface area (Å²) >= 11 is 7.30. The van der Waals surface area contributed by atoms with Crippen molar-refractivity contribution >= 4 is 48.8 Å². The number of ketones is 1. The number of thiophene rings is 1. The lowest BCUT2D eigenvalue weighted by Crippen LogP contribution is -2.14. The van der Waals surface area contributed by atoms with E-state index >= 15 is 0 Å². The van der Waals surface area contributed by atoms with Crippen molar-refractivity contribution in [2.45, 2.75) is 4.90 Å². The summed E-state index contributed by atoms with van der Waals surface area (Å²) in [6.45, 7) is 0. The molecule has 1 heterocycles. The van der Waals surface area contributed by atoms with Gasteiger partial charge in [0, 0.05) is 26.6 Å². The highest BCUT2D eigenvalue weighted by molar-refractivity contribution is 7.89. The molecule has 0 saturated carbocycles. The first-order valence-electron chi connectivity index (χ1n) is 6.21. The fourth-order valence-corrected chi connectivity index (χ4v) is 4.18. The number of primary sulfonamides is 1. The van der Waals surface area contributed by atoms with Gasteiger partial charge in [0.25, 0.3) is 0 Å². The first-order chi connectivity index (χ1) is 10.4. The van der Waals surface area contributed by atoms with Crippen molar-refractivity contribution in [1.82, 2.24) is 0 Å². The Hall–Kier alpha value is -1.73. The molecule has 4 nitrogen and oxygen atoms in total. The maximum absolute atomic E-state index is 12.6. The molecule has 3 aromatic rings. The number of benzene rings is 2. The molecule has 0 aliphatic heterocycles. The summed E-state index contributed by atoms with van der Waals surface area (Å²) < 4.78 is 24.0. The molecule has 3 rings (SSSR count). The highest BCUT2D eigenvalue weighted by Gasteiger charge is 2.19. The Kier molecular flexibility index (Phi) is 3.78. The van der Waals surface area contributed by atoms with E-state index in [1.54, 1.807) is 5.38 Å². The molecule has 112 valence electrons. The Balaban J connectivity index is 2.14. The fraction of sp³-hybridized carbons (Fsp3) is 0. The van der Waals surface area contributed by atoms with Crippen molar-refractivity contribution in [2.75, 3.05) is 0 Å². The van der Waals surface area contributed by atoms with Gasteiger partial charge in [-0.1, -0.05) is 29.8 Å². The molecule has 0 aliphatic carbocycles. The van der Waals surface area contributed by atoms with Gasteiger partial charge < -0.3 is 0 Å². The zero-order valence-corrected chi connectivity index (χ0v) is 13.5. The normalized spacial score (nSPS) is 11.7. The summed E-state index contributed by atoms with van der Waals surface area (Å²) in [6, 6.07) is 11.6. The second kappa shape index (κ2) is 5.48. The topological polar surface area (TPSA) is 77.2 Å². The number of hydrogen-bond donors (Lipinski definition) is 1. The van der Waals surface area contributed by atoms with Gasteiger partial charge in [0.15, 0.2) is 5.78 Å². The second-order valence-corrected chi connectivity index (χ2v) is 7.51. The highest BCUT2D eigenvalue weighted by atomic mass is 35.5. The van der Waals surface area contributed by atoms with Gasteiger partial charge in [-0.15, -0.1) is 11.3 Å². The molecule has 1 aromatic heterocycles. The molecule has 0 saturated heterocycles. The molecule has 0 spiro atoms. The van der Waals surface area contributed by atoms with Gasteiger partial charge in [-0.3, -0.25) is 4.79 Å². The summed E-state index contributed by atoms with van der Waals surface area (Å²) in [6.07, 6.45) is 0. The molecule has 0 aliphatic rings. The van der Waals surface area contributed by atoms with Crippen LogP contribution in [-0.4, -0.2) is 14.2 Å². The zero-order chi connectivity index (χ0) is 15.9. The molecular formula is C15H10ClNO3S2. The van der Waals surface area contributed by atoms with Crippen molar-refractivity contribution in [3.8, 4) is 0 Å². The van der Waals surface area contributed by atoms with Crippen molar-refractivity contribution in [1.29, 1.82) is 0 Å². The van der Waals surface area contributed by atoms with Gasteiger partial charge in [-0.25, -0.2) is 13.6 Å².